The van der Waals surface area contributed by atoms with Crippen molar-refractivity contribution in [1.29, 1.82) is 0 Å². The van der Waals surface area contributed by atoms with Crippen molar-refractivity contribution in [3.63, 3.8) is 0 Å². The first-order valence-electron chi connectivity index (χ1n) is 7.89. The largest absolute Gasteiger partial charge is 0.473 e. The number of guanidine groups is 1. The maximum absolute atomic E-state index is 5.99. The average molecular weight is 312 g/mol. The molecule has 1 heterocycles. The lowest BCUT2D eigenvalue weighted by Crippen LogP contribution is -2.37. The number of nitrogens with two attached hydrogens (primary N) is 1. The van der Waals surface area contributed by atoms with Gasteiger partial charge in [-0.25, -0.2) is 9.98 Å². The van der Waals surface area contributed by atoms with Crippen molar-refractivity contribution in [1.82, 2.24) is 9.88 Å². The number of aromatic nitrogens is 1. The van der Waals surface area contributed by atoms with Crippen molar-refractivity contribution in [2.24, 2.45) is 10.7 Å². The molecule has 5 heteroatoms. The van der Waals surface area contributed by atoms with Crippen LogP contribution in [-0.2, 0) is 13.2 Å². The summed E-state index contributed by atoms with van der Waals surface area (Å²) in [7, 11) is 0. The molecule has 0 spiro atoms. The quantitative estimate of drug-likeness (QED) is 0.631. The first-order chi connectivity index (χ1) is 11.2. The van der Waals surface area contributed by atoms with Gasteiger partial charge in [0.05, 0.1) is 6.54 Å². The molecule has 23 heavy (non-hydrogen) atoms. The van der Waals surface area contributed by atoms with Gasteiger partial charge in [0.15, 0.2) is 5.96 Å². The Bertz CT molecular complexity index is 624. The van der Waals surface area contributed by atoms with E-state index in [4.69, 9.17) is 10.5 Å². The van der Waals surface area contributed by atoms with E-state index in [2.05, 4.69) is 23.8 Å². The summed E-state index contributed by atoms with van der Waals surface area (Å²) in [6.45, 7) is 6.86. The summed E-state index contributed by atoms with van der Waals surface area (Å²) < 4.78 is 5.73. The Labute approximate surface area is 137 Å². The molecule has 2 aromatic rings. The van der Waals surface area contributed by atoms with Crippen molar-refractivity contribution in [3.05, 3.63) is 59.8 Å². The van der Waals surface area contributed by atoms with Crippen LogP contribution < -0.4 is 10.5 Å². The Morgan fingerprint density at radius 1 is 1.13 bits per heavy atom. The van der Waals surface area contributed by atoms with E-state index in [1.54, 1.807) is 6.20 Å². The van der Waals surface area contributed by atoms with Gasteiger partial charge in [0.25, 0.3) is 0 Å². The standard InChI is InChI=1S/C18H24N4O/c1-3-22(4-2)18(19)21-13-16-10-11-20-17(12-16)23-14-15-8-6-5-7-9-15/h5-12H,3-4,13-14H2,1-2H3,(H2,19,21). The van der Waals surface area contributed by atoms with E-state index in [1.807, 2.05) is 47.4 Å². The molecule has 0 aliphatic heterocycles. The maximum Gasteiger partial charge on any atom is 0.213 e. The summed E-state index contributed by atoms with van der Waals surface area (Å²) in [6, 6.07) is 13.9. The van der Waals surface area contributed by atoms with Crippen molar-refractivity contribution in [3.8, 4) is 5.88 Å². The molecule has 0 saturated carbocycles. The van der Waals surface area contributed by atoms with Gasteiger partial charge in [-0.2, -0.15) is 0 Å². The molecule has 0 atom stereocenters. The Morgan fingerprint density at radius 2 is 1.87 bits per heavy atom. The fraction of sp³-hybridized carbons (Fsp3) is 0.333. The number of nitrogens with zero attached hydrogens (tertiary/aromatic N) is 3. The number of aliphatic imine (C=N–C) groups is 1. The van der Waals surface area contributed by atoms with Crippen LogP contribution >= 0.6 is 0 Å². The second-order valence-electron chi connectivity index (χ2n) is 5.12. The Kier molecular flexibility index (Phi) is 6.41. The van der Waals surface area contributed by atoms with Gasteiger partial charge in [-0.15, -0.1) is 0 Å². The van der Waals surface area contributed by atoms with Gasteiger partial charge in [0.2, 0.25) is 5.88 Å². The van der Waals surface area contributed by atoms with Crippen LogP contribution in [0.25, 0.3) is 0 Å². The number of hydrogen-bond donors (Lipinski definition) is 1. The molecule has 2 rings (SSSR count). The monoisotopic (exact) mass is 312 g/mol. The van der Waals surface area contributed by atoms with Crippen LogP contribution in [0, 0.1) is 0 Å². The van der Waals surface area contributed by atoms with Crippen LogP contribution in [-0.4, -0.2) is 28.9 Å². The predicted molar refractivity (Wildman–Crippen MR) is 93.3 cm³/mol. The number of ether oxygens (including phenoxy) is 1. The molecular weight excluding hydrogens is 288 g/mol. The van der Waals surface area contributed by atoms with Crippen molar-refractivity contribution < 1.29 is 4.74 Å². The van der Waals surface area contributed by atoms with E-state index < -0.39 is 0 Å². The molecule has 122 valence electrons. The SMILES string of the molecule is CCN(CC)C(N)=NCc1ccnc(OCc2ccccc2)c1. The number of rotatable bonds is 7. The summed E-state index contributed by atoms with van der Waals surface area (Å²) in [5, 5.41) is 0. The zero-order valence-corrected chi connectivity index (χ0v) is 13.8. The van der Waals surface area contributed by atoms with Gasteiger partial charge < -0.3 is 15.4 Å². The number of pyridine rings is 1. The van der Waals surface area contributed by atoms with E-state index in [9.17, 15) is 0 Å². The molecule has 5 nitrogen and oxygen atoms in total. The second-order valence-corrected chi connectivity index (χ2v) is 5.12. The topological polar surface area (TPSA) is 63.7 Å². The normalized spacial score (nSPS) is 11.3. The van der Waals surface area contributed by atoms with Crippen LogP contribution in [0.4, 0.5) is 0 Å². The molecule has 0 unspecified atom stereocenters. The van der Waals surface area contributed by atoms with Crippen molar-refractivity contribution in [2.45, 2.75) is 27.0 Å². The molecule has 0 aliphatic carbocycles. The molecule has 0 bridgehead atoms. The summed E-state index contributed by atoms with van der Waals surface area (Å²) in [6.07, 6.45) is 1.73. The van der Waals surface area contributed by atoms with E-state index >= 15 is 0 Å². The van der Waals surface area contributed by atoms with Gasteiger partial charge >= 0.3 is 0 Å². The minimum atomic E-state index is 0.502. The van der Waals surface area contributed by atoms with E-state index in [0.29, 0.717) is 25.0 Å². The van der Waals surface area contributed by atoms with Crippen LogP contribution in [0.2, 0.25) is 0 Å². The molecule has 0 saturated heterocycles. The lowest BCUT2D eigenvalue weighted by Gasteiger charge is -2.19. The average Bonchev–Trinajstić information content (AvgIpc) is 2.60. The van der Waals surface area contributed by atoms with Gasteiger partial charge in [0, 0.05) is 25.4 Å². The lowest BCUT2D eigenvalue weighted by atomic mass is 10.2. The lowest BCUT2D eigenvalue weighted by molar-refractivity contribution is 0.293. The molecule has 0 fully saturated rings. The fourth-order valence-electron chi connectivity index (χ4n) is 2.18. The Balaban J connectivity index is 1.95. The van der Waals surface area contributed by atoms with Gasteiger partial charge in [-0.1, -0.05) is 30.3 Å². The third kappa shape index (κ3) is 5.29. The number of benzene rings is 1. The van der Waals surface area contributed by atoms with Crippen LogP contribution in [0.15, 0.2) is 53.7 Å². The first-order valence-corrected chi connectivity index (χ1v) is 7.89. The molecule has 1 aromatic carbocycles. The van der Waals surface area contributed by atoms with Gasteiger partial charge in [0.1, 0.15) is 6.61 Å². The van der Waals surface area contributed by atoms with E-state index in [-0.39, 0.29) is 0 Å². The van der Waals surface area contributed by atoms with Crippen molar-refractivity contribution in [2.75, 3.05) is 13.1 Å². The summed E-state index contributed by atoms with van der Waals surface area (Å²) in [4.78, 5) is 10.7. The highest BCUT2D eigenvalue weighted by atomic mass is 16.5. The smallest absolute Gasteiger partial charge is 0.213 e. The Morgan fingerprint density at radius 3 is 2.57 bits per heavy atom. The molecular formula is C18H24N4O. The second kappa shape index (κ2) is 8.78. The summed E-state index contributed by atoms with van der Waals surface area (Å²) in [5.74, 6) is 1.17. The first kappa shape index (κ1) is 16.8. The molecule has 0 amide bonds. The minimum absolute atomic E-state index is 0.502. The highest BCUT2D eigenvalue weighted by Crippen LogP contribution is 2.12. The zero-order valence-electron chi connectivity index (χ0n) is 13.8. The third-order valence-corrected chi connectivity index (χ3v) is 3.54. The molecule has 0 radical (unpaired) electrons. The molecule has 0 aliphatic rings. The molecule has 1 aromatic heterocycles. The van der Waals surface area contributed by atoms with E-state index in [1.165, 1.54) is 0 Å². The van der Waals surface area contributed by atoms with Crippen LogP contribution in [0.1, 0.15) is 25.0 Å². The zero-order chi connectivity index (χ0) is 16.5. The third-order valence-electron chi connectivity index (χ3n) is 3.54. The highest BCUT2D eigenvalue weighted by Gasteiger charge is 2.03. The summed E-state index contributed by atoms with van der Waals surface area (Å²) in [5.41, 5.74) is 8.13. The fourth-order valence-corrected chi connectivity index (χ4v) is 2.18. The molecule has 2 N–H and O–H groups in total. The van der Waals surface area contributed by atoms with Crippen LogP contribution in [0.3, 0.4) is 0 Å². The van der Waals surface area contributed by atoms with E-state index in [0.717, 1.165) is 24.2 Å². The summed E-state index contributed by atoms with van der Waals surface area (Å²) >= 11 is 0. The maximum atomic E-state index is 5.99. The highest BCUT2D eigenvalue weighted by molar-refractivity contribution is 5.77. The minimum Gasteiger partial charge on any atom is -0.473 e. The van der Waals surface area contributed by atoms with Crippen molar-refractivity contribution >= 4 is 5.96 Å². The van der Waals surface area contributed by atoms with Crippen LogP contribution in [0.5, 0.6) is 5.88 Å². The number of hydrogen-bond acceptors (Lipinski definition) is 3. The predicted octanol–water partition coefficient (Wildman–Crippen LogP) is 2.82. The van der Waals surface area contributed by atoms with Gasteiger partial charge in [-0.05, 0) is 31.0 Å². The Hall–Kier alpha value is -2.56. The van der Waals surface area contributed by atoms with Gasteiger partial charge in [-0.3, -0.25) is 0 Å².